The quantitative estimate of drug-likeness (QED) is 0.357. The van der Waals surface area contributed by atoms with E-state index in [0.717, 1.165) is 0 Å². The molecule has 0 aliphatic carbocycles. The van der Waals surface area contributed by atoms with Crippen LogP contribution >= 0.6 is 0 Å². The summed E-state index contributed by atoms with van der Waals surface area (Å²) in [6.07, 6.45) is 8.00. The predicted octanol–water partition coefficient (Wildman–Crippen LogP) is 3.06. The molecule has 0 saturated carbocycles. The van der Waals surface area contributed by atoms with Crippen molar-refractivity contribution in [2.24, 2.45) is 0 Å². The van der Waals surface area contributed by atoms with Crippen LogP contribution in [0.25, 0.3) is 0 Å². The fraction of sp³-hybridized carbons (Fsp3) is 0. The van der Waals surface area contributed by atoms with Crippen LogP contribution in [0.3, 0.4) is 0 Å². The van der Waals surface area contributed by atoms with E-state index in [0.29, 0.717) is 0 Å². The topological polar surface area (TPSA) is 0 Å². The number of rotatable bonds is 0. The van der Waals surface area contributed by atoms with Crippen LogP contribution in [-0.4, -0.2) is 0 Å². The molecule has 13 heavy (non-hydrogen) atoms. The Morgan fingerprint density at radius 2 is 1.00 bits per heavy atom. The normalized spacial score (nSPS) is 6.31. The molecule has 0 aromatic heterocycles. The molecule has 0 heterocycles. The van der Waals surface area contributed by atoms with Gasteiger partial charge in [0.2, 0.25) is 0 Å². The molecule has 0 aliphatic rings. The third kappa shape index (κ3) is 10.8. The zero-order chi connectivity index (χ0) is 9.07. The molecule has 0 N–H and O–H groups in total. The molecule has 0 atom stereocenters. The standard InChI is InChI=1S/2C5H5.C2H2.Fe/c2*1-2-4-5-3-1;1-2;/h2*1-5H;1-2H;/q-5;-1;;. The molecule has 2 aromatic rings. The molecule has 0 spiro atoms. The summed E-state index contributed by atoms with van der Waals surface area (Å²) in [6.45, 7) is 0. The molecule has 0 bridgehead atoms. The van der Waals surface area contributed by atoms with Gasteiger partial charge in [0.25, 0.3) is 0 Å². The summed E-state index contributed by atoms with van der Waals surface area (Å²) in [5.41, 5.74) is 0. The fourth-order valence-corrected chi connectivity index (χ4v) is 0.642. The number of hydrogen-bond donors (Lipinski definition) is 0. The van der Waals surface area contributed by atoms with Gasteiger partial charge in [-0.1, -0.05) is 0 Å². The largest absolute Gasteiger partial charge is 0.748 e. The Hall–Kier alpha value is -1.22. The van der Waals surface area contributed by atoms with Gasteiger partial charge in [0.15, 0.2) is 0 Å². The molecule has 0 aliphatic heterocycles. The van der Waals surface area contributed by atoms with Gasteiger partial charge in [0.1, 0.15) is 0 Å². The molecule has 0 fully saturated rings. The minimum Gasteiger partial charge on any atom is -0.748 e. The van der Waals surface area contributed by atoms with Crippen molar-refractivity contribution in [1.82, 2.24) is 0 Å². The number of terminal acetylenes is 1. The van der Waals surface area contributed by atoms with Crippen molar-refractivity contribution in [1.29, 1.82) is 0 Å². The maximum Gasteiger partial charge on any atom is 0 e. The molecule has 1 heteroatoms. The molecular formula is C12H12Fe-6. The zero-order valence-electron chi connectivity index (χ0n) is 7.28. The first-order chi connectivity index (χ1) is 6.00. The summed E-state index contributed by atoms with van der Waals surface area (Å²) >= 11 is 0. The van der Waals surface area contributed by atoms with Crippen LogP contribution in [0.15, 0.2) is 60.7 Å². The molecule has 2 rings (SSSR count). The van der Waals surface area contributed by atoms with E-state index >= 15 is 0 Å². The van der Waals surface area contributed by atoms with Crippen molar-refractivity contribution in [2.75, 3.05) is 0 Å². The maximum absolute atomic E-state index is 4.00. The van der Waals surface area contributed by atoms with E-state index in [-0.39, 0.29) is 17.1 Å². The van der Waals surface area contributed by atoms with Gasteiger partial charge in [-0.05, 0) is 0 Å². The van der Waals surface area contributed by atoms with Gasteiger partial charge in [-0.3, -0.25) is 0 Å². The van der Waals surface area contributed by atoms with Crippen molar-refractivity contribution in [3.63, 3.8) is 0 Å². The summed E-state index contributed by atoms with van der Waals surface area (Å²) in [5.74, 6) is 0. The molecule has 0 nitrogen and oxygen atoms in total. The first kappa shape index (κ1) is 14.3. The van der Waals surface area contributed by atoms with Gasteiger partial charge in [-0.15, -0.1) is 12.8 Å². The second kappa shape index (κ2) is 13.4. The van der Waals surface area contributed by atoms with Gasteiger partial charge >= 0.3 is 0 Å². The SMILES string of the molecule is C#C.[Fe].[cH-]1[cH-][cH-][cH-][cH-]1.c1cc[cH-]c1. The summed E-state index contributed by atoms with van der Waals surface area (Å²) in [7, 11) is 0. The summed E-state index contributed by atoms with van der Waals surface area (Å²) in [4.78, 5) is 0. The van der Waals surface area contributed by atoms with Crippen LogP contribution in [0.4, 0.5) is 0 Å². The van der Waals surface area contributed by atoms with Crippen LogP contribution in [0.2, 0.25) is 0 Å². The number of hydrogen-bond acceptors (Lipinski definition) is 0. The first-order valence-electron chi connectivity index (χ1n) is 3.67. The molecule has 0 amide bonds. The van der Waals surface area contributed by atoms with Crippen LogP contribution in [0, 0.1) is 12.8 Å². The van der Waals surface area contributed by atoms with E-state index in [9.17, 15) is 0 Å². The average Bonchev–Trinajstić information content (AvgIpc) is 2.87. The summed E-state index contributed by atoms with van der Waals surface area (Å²) in [6, 6.07) is 20.0. The molecule has 74 valence electrons. The smallest absolute Gasteiger partial charge is 0 e. The van der Waals surface area contributed by atoms with Crippen molar-refractivity contribution in [3.8, 4) is 12.8 Å². The van der Waals surface area contributed by atoms with E-state index < -0.39 is 0 Å². The third-order valence-electron chi connectivity index (χ3n) is 1.11. The van der Waals surface area contributed by atoms with Gasteiger partial charge in [0.05, 0.1) is 0 Å². The van der Waals surface area contributed by atoms with Crippen LogP contribution in [0.5, 0.6) is 0 Å². The van der Waals surface area contributed by atoms with Gasteiger partial charge in [0, 0.05) is 17.1 Å². The average molecular weight is 212 g/mol. The van der Waals surface area contributed by atoms with Crippen LogP contribution in [0.1, 0.15) is 0 Å². The van der Waals surface area contributed by atoms with E-state index in [2.05, 4.69) is 12.8 Å². The van der Waals surface area contributed by atoms with Gasteiger partial charge in [-0.2, -0.15) is 18.2 Å². The second-order valence-corrected chi connectivity index (χ2v) is 1.92. The molecule has 0 saturated heterocycles. The molecule has 2 aromatic carbocycles. The zero-order valence-corrected chi connectivity index (χ0v) is 8.39. The molecular weight excluding hydrogens is 200 g/mol. The first-order valence-corrected chi connectivity index (χ1v) is 3.67. The minimum absolute atomic E-state index is 0. The van der Waals surface area contributed by atoms with Crippen molar-refractivity contribution >= 4 is 0 Å². The Bertz CT molecular complexity index is 177. The van der Waals surface area contributed by atoms with Gasteiger partial charge < -0.3 is 30.3 Å². The Labute approximate surface area is 90.8 Å². The van der Waals surface area contributed by atoms with E-state index in [4.69, 9.17) is 0 Å². The monoisotopic (exact) mass is 212 g/mol. The predicted molar refractivity (Wildman–Crippen MR) is 54.0 cm³/mol. The van der Waals surface area contributed by atoms with Crippen molar-refractivity contribution in [3.05, 3.63) is 60.7 Å². The van der Waals surface area contributed by atoms with E-state index in [1.165, 1.54) is 0 Å². The third-order valence-corrected chi connectivity index (χ3v) is 1.11. The molecule has 0 radical (unpaired) electrons. The maximum atomic E-state index is 4.00. The Morgan fingerprint density at radius 1 is 0.692 bits per heavy atom. The molecule has 0 unspecified atom stereocenters. The second-order valence-electron chi connectivity index (χ2n) is 1.92. The Kier molecular flexibility index (Phi) is 14.7. The minimum atomic E-state index is 0. The van der Waals surface area contributed by atoms with Crippen molar-refractivity contribution < 1.29 is 17.1 Å². The van der Waals surface area contributed by atoms with E-state index in [1.807, 2.05) is 60.7 Å². The van der Waals surface area contributed by atoms with Crippen LogP contribution in [-0.2, 0) is 17.1 Å². The van der Waals surface area contributed by atoms with Crippen LogP contribution < -0.4 is 0 Å². The fourth-order valence-electron chi connectivity index (χ4n) is 0.642. The van der Waals surface area contributed by atoms with Gasteiger partial charge in [-0.25, -0.2) is 12.1 Å². The summed E-state index contributed by atoms with van der Waals surface area (Å²) < 4.78 is 0. The Morgan fingerprint density at radius 3 is 1.15 bits per heavy atom. The van der Waals surface area contributed by atoms with Crippen molar-refractivity contribution in [2.45, 2.75) is 0 Å². The van der Waals surface area contributed by atoms with E-state index in [1.54, 1.807) is 0 Å². The summed E-state index contributed by atoms with van der Waals surface area (Å²) in [5, 5.41) is 0. The Balaban J connectivity index is 0.